The molecule has 0 aliphatic rings. The Bertz CT molecular complexity index is 3330. The normalized spacial score (nSPS) is 11.4. The topological polar surface area (TPSA) is 183 Å². The first-order chi connectivity index (χ1) is 33.0. The number of para-hydroxylation sites is 2. The molecule has 0 radical (unpaired) electrons. The number of amides is 2. The number of aromatic hydroxyl groups is 1. The Morgan fingerprint density at radius 2 is 1.07 bits per heavy atom. The summed E-state index contributed by atoms with van der Waals surface area (Å²) in [5.41, 5.74) is 0.983. The molecule has 5 aromatic carbocycles. The van der Waals surface area contributed by atoms with Gasteiger partial charge in [0, 0.05) is 37.1 Å². The number of ether oxygens (including phenoxy) is 3. The number of carbonyl (C=O) groups is 2. The number of nitrogens with one attached hydrogen (secondary N) is 2. The smallest absolute Gasteiger partial charge is 0.416 e. The molecule has 9 aromatic rings. The average Bonchev–Trinajstić information content (AvgIpc) is 3.92. The van der Waals surface area contributed by atoms with Crippen molar-refractivity contribution in [1.29, 1.82) is 0 Å². The van der Waals surface area contributed by atoms with E-state index in [4.69, 9.17) is 14.2 Å². The van der Waals surface area contributed by atoms with Gasteiger partial charge in [-0.05, 0) is 66.2 Å². The zero-order valence-electron chi connectivity index (χ0n) is 35.6. The third-order valence-electron chi connectivity index (χ3n) is 9.47. The average molecular weight is 983 g/mol. The van der Waals surface area contributed by atoms with Crippen molar-refractivity contribution < 1.29 is 55.2 Å². The maximum atomic E-state index is 13.4. The molecule has 2 amide bonds. The first kappa shape index (κ1) is 47.3. The van der Waals surface area contributed by atoms with Crippen LogP contribution in [-0.4, -0.2) is 46.8 Å². The number of thiazole rings is 2. The summed E-state index contributed by atoms with van der Waals surface area (Å²) in [4.78, 5) is 47.9. The third-order valence-corrected chi connectivity index (χ3v) is 11.3. The molecule has 0 saturated carbocycles. The van der Waals surface area contributed by atoms with Crippen molar-refractivity contribution in [2.75, 3.05) is 10.6 Å². The molecule has 4 heterocycles. The van der Waals surface area contributed by atoms with Crippen LogP contribution in [0.4, 0.5) is 36.6 Å². The Morgan fingerprint density at radius 1 is 0.580 bits per heavy atom. The molecule has 14 nitrogen and oxygen atoms in total. The van der Waals surface area contributed by atoms with Crippen LogP contribution in [0, 0.1) is 0 Å². The Hall–Kier alpha value is -8.24. The van der Waals surface area contributed by atoms with E-state index in [2.05, 4.69) is 40.5 Å². The van der Waals surface area contributed by atoms with E-state index in [1.807, 2.05) is 42.5 Å². The van der Waals surface area contributed by atoms with Gasteiger partial charge in [0.05, 0.1) is 31.9 Å². The van der Waals surface area contributed by atoms with Gasteiger partial charge < -0.3 is 30.0 Å². The number of phenols is 1. The van der Waals surface area contributed by atoms with Gasteiger partial charge in [-0.3, -0.25) is 9.59 Å². The van der Waals surface area contributed by atoms with E-state index in [0.717, 1.165) is 39.2 Å². The van der Waals surface area contributed by atoms with Crippen LogP contribution in [0.25, 0.3) is 42.9 Å². The summed E-state index contributed by atoms with van der Waals surface area (Å²) in [6.45, 7) is 2.85. The van der Waals surface area contributed by atoms with Crippen LogP contribution >= 0.6 is 22.7 Å². The van der Waals surface area contributed by atoms with Crippen molar-refractivity contribution >= 4 is 65.2 Å². The lowest BCUT2D eigenvalue weighted by atomic mass is 10.1. The third kappa shape index (κ3) is 11.7. The Kier molecular flexibility index (Phi) is 13.6. The van der Waals surface area contributed by atoms with Crippen LogP contribution < -0.4 is 24.8 Å². The number of anilines is 2. The van der Waals surface area contributed by atoms with Gasteiger partial charge in [-0.1, -0.05) is 65.1 Å². The van der Waals surface area contributed by atoms with Crippen molar-refractivity contribution in [1.82, 2.24) is 29.9 Å². The number of hydrogen-bond donors (Lipinski definition) is 3. The molecule has 69 heavy (non-hydrogen) atoms. The molecule has 4 aromatic heterocycles. The summed E-state index contributed by atoms with van der Waals surface area (Å²) in [5, 5.41) is 16.2. The molecule has 350 valence electrons. The van der Waals surface area contributed by atoms with Gasteiger partial charge in [0.2, 0.25) is 23.6 Å². The van der Waals surface area contributed by atoms with Crippen LogP contribution in [0.5, 0.6) is 34.8 Å². The van der Waals surface area contributed by atoms with Crippen molar-refractivity contribution in [3.05, 3.63) is 145 Å². The Morgan fingerprint density at radius 3 is 1.57 bits per heavy atom. The molecule has 0 fully saturated rings. The van der Waals surface area contributed by atoms with Gasteiger partial charge in [0.1, 0.15) is 41.8 Å². The fraction of sp³-hybridized carbons (Fsp3) is 0.106. The second-order valence-corrected chi connectivity index (χ2v) is 16.6. The van der Waals surface area contributed by atoms with Crippen molar-refractivity contribution in [3.63, 3.8) is 0 Å². The number of aromatic nitrogens is 6. The van der Waals surface area contributed by atoms with Crippen molar-refractivity contribution in [2.24, 2.45) is 0 Å². The van der Waals surface area contributed by atoms with E-state index in [0.29, 0.717) is 50.1 Å². The summed E-state index contributed by atoms with van der Waals surface area (Å²) in [5.74, 6) is -0.0148. The van der Waals surface area contributed by atoms with Gasteiger partial charge >= 0.3 is 12.4 Å². The molecule has 0 bridgehead atoms. The summed E-state index contributed by atoms with van der Waals surface area (Å²) < 4.78 is 98.0. The molecular formula is C47H32F6N8O6S2. The summed E-state index contributed by atoms with van der Waals surface area (Å²) in [6.07, 6.45) is -6.68. The first-order valence-corrected chi connectivity index (χ1v) is 21.7. The van der Waals surface area contributed by atoms with E-state index >= 15 is 0 Å². The van der Waals surface area contributed by atoms with Crippen LogP contribution in [0.15, 0.2) is 128 Å². The summed E-state index contributed by atoms with van der Waals surface area (Å²) in [7, 11) is 0. The van der Waals surface area contributed by atoms with Gasteiger partial charge in [0.25, 0.3) is 0 Å². The van der Waals surface area contributed by atoms with Crippen LogP contribution in [0.3, 0.4) is 0 Å². The summed E-state index contributed by atoms with van der Waals surface area (Å²) in [6, 6.07) is 28.5. The highest BCUT2D eigenvalue weighted by atomic mass is 32.1. The van der Waals surface area contributed by atoms with E-state index in [1.54, 1.807) is 24.3 Å². The molecule has 0 spiro atoms. The molecule has 0 saturated heterocycles. The van der Waals surface area contributed by atoms with Crippen LogP contribution in [0.2, 0.25) is 0 Å². The van der Waals surface area contributed by atoms with Gasteiger partial charge in [-0.2, -0.15) is 26.3 Å². The van der Waals surface area contributed by atoms with Gasteiger partial charge in [-0.25, -0.2) is 29.9 Å². The van der Waals surface area contributed by atoms with E-state index < -0.39 is 29.2 Å². The molecule has 0 unspecified atom stereocenters. The number of halogens is 6. The number of alkyl halides is 6. The SMILES string of the molecule is CC(=O)Nc1nc2c(Oc3cc(-c4ccc(C(F)(F)F)cc4O)ncn3)cccc2s1.CC(=O)Nc1nc2c(Oc3cc(-c4ccc(C(F)(F)F)cc4OCc4ccccc4)ncn3)cccc2s1. The van der Waals surface area contributed by atoms with Crippen molar-refractivity contribution in [3.8, 4) is 57.3 Å². The monoisotopic (exact) mass is 982 g/mol. The molecule has 0 aliphatic carbocycles. The number of phenolic OH excluding ortho intramolecular Hbond substituents is 1. The lowest BCUT2D eigenvalue weighted by molar-refractivity contribution is -0.138. The lowest BCUT2D eigenvalue weighted by Crippen LogP contribution is -2.06. The van der Waals surface area contributed by atoms with E-state index in [-0.39, 0.29) is 47.2 Å². The predicted octanol–water partition coefficient (Wildman–Crippen LogP) is 12.3. The zero-order valence-corrected chi connectivity index (χ0v) is 37.2. The number of carbonyl (C=O) groups excluding carboxylic acids is 2. The number of fused-ring (bicyclic) bond motifs is 2. The second kappa shape index (κ2) is 19.9. The van der Waals surface area contributed by atoms with E-state index in [9.17, 15) is 41.0 Å². The minimum absolute atomic E-state index is 0.0230. The fourth-order valence-corrected chi connectivity index (χ4v) is 8.28. The second-order valence-electron chi connectivity index (χ2n) is 14.5. The van der Waals surface area contributed by atoms with Crippen LogP contribution in [0.1, 0.15) is 30.5 Å². The number of benzene rings is 5. The van der Waals surface area contributed by atoms with Crippen LogP contribution in [-0.2, 0) is 28.5 Å². The standard InChI is InChI=1S/C27H19F3N4O3S.C20H13F3N4O3S/c1-16(35)33-26-34-25-21(8-5-9-23(25)38-26)37-24-13-20(31-15-32-24)19-11-10-18(27(28,29)30)12-22(19)36-14-17-6-3-2-4-7-17;1-10(28)26-19-27-18-15(3-2-4-16(18)31-19)30-17-8-13(24-9-25-17)12-6-5-11(7-14(12)29)20(21,22)23/h2-13,15H,14H2,1H3,(H,33,34,35);2-9,29H,1H3,(H,26,27,28). The first-order valence-electron chi connectivity index (χ1n) is 20.1. The number of nitrogens with zero attached hydrogens (tertiary/aromatic N) is 6. The maximum Gasteiger partial charge on any atom is 0.416 e. The Labute approximate surface area is 394 Å². The molecule has 3 N–H and O–H groups in total. The highest BCUT2D eigenvalue weighted by Gasteiger charge is 2.32. The molecule has 9 rings (SSSR count). The largest absolute Gasteiger partial charge is 0.507 e. The molecule has 0 atom stereocenters. The van der Waals surface area contributed by atoms with E-state index in [1.165, 1.54) is 67.4 Å². The Balaban J connectivity index is 0.000000190. The highest BCUT2D eigenvalue weighted by Crippen LogP contribution is 2.41. The van der Waals surface area contributed by atoms with Gasteiger partial charge in [0.15, 0.2) is 21.8 Å². The van der Waals surface area contributed by atoms with Crippen molar-refractivity contribution in [2.45, 2.75) is 32.8 Å². The molecule has 0 aliphatic heterocycles. The van der Waals surface area contributed by atoms with Gasteiger partial charge in [-0.15, -0.1) is 0 Å². The predicted molar refractivity (Wildman–Crippen MR) is 245 cm³/mol. The lowest BCUT2D eigenvalue weighted by Gasteiger charge is -2.15. The maximum absolute atomic E-state index is 13.4. The molecule has 22 heteroatoms. The fourth-order valence-electron chi connectivity index (χ4n) is 6.42. The zero-order chi connectivity index (χ0) is 48.9. The highest BCUT2D eigenvalue weighted by molar-refractivity contribution is 7.22. The minimum atomic E-state index is -4.57. The number of hydrogen-bond acceptors (Lipinski definition) is 14. The quantitative estimate of drug-likeness (QED) is 0.104. The minimum Gasteiger partial charge on any atom is -0.507 e. The summed E-state index contributed by atoms with van der Waals surface area (Å²) >= 11 is 2.57. The molecular weight excluding hydrogens is 951 g/mol. The number of rotatable bonds is 11.